The minimum Gasteiger partial charge on any atom is -0.312 e. The Kier molecular flexibility index (Phi) is 3.40. The zero-order chi connectivity index (χ0) is 10.3. The van der Waals surface area contributed by atoms with E-state index in [2.05, 4.69) is 38.1 Å². The van der Waals surface area contributed by atoms with Crippen LogP contribution in [-0.4, -0.2) is 27.2 Å². The van der Waals surface area contributed by atoms with Gasteiger partial charge in [0.1, 0.15) is 0 Å². The molecule has 2 rings (SSSR count). The number of hydrogen-bond donors (Lipinski definition) is 2. The van der Waals surface area contributed by atoms with Crippen LogP contribution in [0.15, 0.2) is 30.3 Å². The van der Waals surface area contributed by atoms with Crippen molar-refractivity contribution in [3.63, 3.8) is 0 Å². The lowest BCUT2D eigenvalue weighted by atomic mass is 10.2. The lowest BCUT2D eigenvalue weighted by Gasteiger charge is -2.02. The van der Waals surface area contributed by atoms with Crippen LogP contribution in [0.5, 0.6) is 0 Å². The van der Waals surface area contributed by atoms with E-state index >= 15 is 0 Å². The van der Waals surface area contributed by atoms with Crippen LogP contribution in [0.3, 0.4) is 0 Å². The van der Waals surface area contributed by atoms with Crippen molar-refractivity contribution in [2.45, 2.75) is 13.0 Å². The van der Waals surface area contributed by atoms with Crippen LogP contribution >= 0.6 is 0 Å². The van der Waals surface area contributed by atoms with Crippen molar-refractivity contribution >= 4 is 0 Å². The number of rotatable bonds is 5. The van der Waals surface area contributed by atoms with Gasteiger partial charge in [-0.1, -0.05) is 35.5 Å². The number of aromatic amines is 1. The molecule has 0 saturated carbocycles. The summed E-state index contributed by atoms with van der Waals surface area (Å²) >= 11 is 0. The van der Waals surface area contributed by atoms with Crippen molar-refractivity contribution in [1.82, 2.24) is 25.9 Å². The molecule has 0 saturated heterocycles. The molecule has 0 spiro atoms. The SMILES string of the molecule is c1ccc(CNCCc2nn[nH]n2)cc1. The van der Waals surface area contributed by atoms with Crippen molar-refractivity contribution in [2.75, 3.05) is 6.54 Å². The lowest BCUT2D eigenvalue weighted by molar-refractivity contribution is 0.671. The first-order valence-electron chi connectivity index (χ1n) is 4.92. The third kappa shape index (κ3) is 3.14. The summed E-state index contributed by atoms with van der Waals surface area (Å²) in [7, 11) is 0. The minimum atomic E-state index is 0.746. The molecule has 0 amide bonds. The molecule has 78 valence electrons. The summed E-state index contributed by atoms with van der Waals surface area (Å²) in [5.74, 6) is 0.746. The van der Waals surface area contributed by atoms with Gasteiger partial charge in [0.2, 0.25) is 0 Å². The normalized spacial score (nSPS) is 10.4. The molecule has 0 aliphatic carbocycles. The Hall–Kier alpha value is -1.75. The smallest absolute Gasteiger partial charge is 0.175 e. The number of nitrogens with zero attached hydrogens (tertiary/aromatic N) is 3. The van der Waals surface area contributed by atoms with E-state index in [1.54, 1.807) is 0 Å². The van der Waals surface area contributed by atoms with Crippen molar-refractivity contribution in [2.24, 2.45) is 0 Å². The van der Waals surface area contributed by atoms with Crippen molar-refractivity contribution < 1.29 is 0 Å². The minimum absolute atomic E-state index is 0.746. The number of H-pyrrole nitrogens is 1. The predicted molar refractivity (Wildman–Crippen MR) is 56.0 cm³/mol. The van der Waals surface area contributed by atoms with E-state index in [1.807, 2.05) is 18.2 Å². The zero-order valence-corrected chi connectivity index (χ0v) is 8.35. The first-order chi connectivity index (χ1) is 7.45. The highest BCUT2D eigenvalue weighted by molar-refractivity contribution is 5.14. The largest absolute Gasteiger partial charge is 0.312 e. The second kappa shape index (κ2) is 5.21. The van der Waals surface area contributed by atoms with Crippen molar-refractivity contribution in [1.29, 1.82) is 0 Å². The van der Waals surface area contributed by atoms with Gasteiger partial charge in [-0.05, 0) is 5.56 Å². The van der Waals surface area contributed by atoms with Crippen molar-refractivity contribution in [3.05, 3.63) is 41.7 Å². The van der Waals surface area contributed by atoms with Crippen LogP contribution < -0.4 is 5.32 Å². The molecule has 0 radical (unpaired) electrons. The fraction of sp³-hybridized carbons (Fsp3) is 0.300. The van der Waals surface area contributed by atoms with Gasteiger partial charge < -0.3 is 5.32 Å². The molecule has 1 aromatic heterocycles. The van der Waals surface area contributed by atoms with E-state index in [0.29, 0.717) is 0 Å². The Bertz CT molecular complexity index is 370. The highest BCUT2D eigenvalue weighted by Crippen LogP contribution is 1.96. The molecule has 0 aliphatic heterocycles. The van der Waals surface area contributed by atoms with E-state index in [-0.39, 0.29) is 0 Å². The summed E-state index contributed by atoms with van der Waals surface area (Å²) in [6, 6.07) is 10.3. The average Bonchev–Trinajstić information content (AvgIpc) is 2.79. The number of aromatic nitrogens is 4. The van der Waals surface area contributed by atoms with Crippen LogP contribution in [0.2, 0.25) is 0 Å². The molecule has 0 atom stereocenters. The maximum atomic E-state index is 3.87. The van der Waals surface area contributed by atoms with Gasteiger partial charge in [0.15, 0.2) is 5.82 Å². The molecule has 1 aromatic carbocycles. The van der Waals surface area contributed by atoms with Gasteiger partial charge in [0.25, 0.3) is 0 Å². The number of benzene rings is 1. The molecule has 5 nitrogen and oxygen atoms in total. The molecular weight excluding hydrogens is 190 g/mol. The van der Waals surface area contributed by atoms with Gasteiger partial charge in [-0.15, -0.1) is 10.2 Å². The van der Waals surface area contributed by atoms with Crippen LogP contribution in [0.25, 0.3) is 0 Å². The van der Waals surface area contributed by atoms with Gasteiger partial charge in [0.05, 0.1) is 0 Å². The Morgan fingerprint density at radius 2 is 2.07 bits per heavy atom. The fourth-order valence-corrected chi connectivity index (χ4v) is 1.32. The molecule has 2 aromatic rings. The quantitative estimate of drug-likeness (QED) is 0.696. The van der Waals surface area contributed by atoms with E-state index in [4.69, 9.17) is 0 Å². The summed E-state index contributed by atoms with van der Waals surface area (Å²) in [5.41, 5.74) is 1.28. The maximum Gasteiger partial charge on any atom is 0.175 e. The van der Waals surface area contributed by atoms with Crippen LogP contribution in [-0.2, 0) is 13.0 Å². The zero-order valence-electron chi connectivity index (χ0n) is 8.35. The van der Waals surface area contributed by atoms with E-state index in [0.717, 1.165) is 25.3 Å². The Morgan fingerprint density at radius 1 is 1.20 bits per heavy atom. The summed E-state index contributed by atoms with van der Waals surface area (Å²) in [4.78, 5) is 0. The molecule has 2 N–H and O–H groups in total. The average molecular weight is 203 g/mol. The fourth-order valence-electron chi connectivity index (χ4n) is 1.32. The van der Waals surface area contributed by atoms with Gasteiger partial charge >= 0.3 is 0 Å². The molecule has 5 heteroatoms. The van der Waals surface area contributed by atoms with Gasteiger partial charge in [0, 0.05) is 19.5 Å². The Labute approximate surface area is 87.9 Å². The second-order valence-corrected chi connectivity index (χ2v) is 3.24. The molecule has 0 bridgehead atoms. The standard InChI is InChI=1S/C10H13N5/c1-2-4-9(5-3-1)8-11-7-6-10-12-14-15-13-10/h1-5,11H,6-8H2,(H,12,13,14,15). The molecular formula is C10H13N5. The monoisotopic (exact) mass is 203 g/mol. The summed E-state index contributed by atoms with van der Waals surface area (Å²) in [6.07, 6.45) is 0.795. The topological polar surface area (TPSA) is 66.5 Å². The number of hydrogen-bond acceptors (Lipinski definition) is 4. The third-order valence-electron chi connectivity index (χ3n) is 2.09. The number of tetrazole rings is 1. The second-order valence-electron chi connectivity index (χ2n) is 3.24. The van der Waals surface area contributed by atoms with Gasteiger partial charge in [-0.2, -0.15) is 5.21 Å². The summed E-state index contributed by atoms with van der Waals surface area (Å²) < 4.78 is 0. The Balaban J connectivity index is 1.68. The number of nitrogens with one attached hydrogen (secondary N) is 2. The third-order valence-corrected chi connectivity index (χ3v) is 2.09. The van der Waals surface area contributed by atoms with Gasteiger partial charge in [-0.3, -0.25) is 0 Å². The molecule has 0 aliphatic rings. The highest BCUT2D eigenvalue weighted by atomic mass is 15.5. The van der Waals surface area contributed by atoms with Crippen LogP contribution in [0, 0.1) is 0 Å². The first-order valence-corrected chi connectivity index (χ1v) is 4.92. The van der Waals surface area contributed by atoms with E-state index < -0.39 is 0 Å². The van der Waals surface area contributed by atoms with Crippen LogP contribution in [0.1, 0.15) is 11.4 Å². The Morgan fingerprint density at radius 3 is 2.80 bits per heavy atom. The van der Waals surface area contributed by atoms with Gasteiger partial charge in [-0.25, -0.2) is 0 Å². The predicted octanol–water partition coefficient (Wildman–Crippen LogP) is 0.532. The molecule has 0 unspecified atom stereocenters. The summed E-state index contributed by atoms with van der Waals surface area (Å²) in [6.45, 7) is 1.73. The van der Waals surface area contributed by atoms with Crippen molar-refractivity contribution in [3.8, 4) is 0 Å². The molecule has 1 heterocycles. The highest BCUT2D eigenvalue weighted by Gasteiger charge is 1.96. The van der Waals surface area contributed by atoms with E-state index in [9.17, 15) is 0 Å². The van der Waals surface area contributed by atoms with Crippen LogP contribution in [0.4, 0.5) is 0 Å². The first kappa shape index (κ1) is 9.79. The summed E-state index contributed by atoms with van der Waals surface area (Å²) in [5, 5.41) is 17.0. The molecule has 15 heavy (non-hydrogen) atoms. The van der Waals surface area contributed by atoms with E-state index in [1.165, 1.54) is 5.56 Å². The lowest BCUT2D eigenvalue weighted by Crippen LogP contribution is -2.17. The molecule has 0 fully saturated rings. The maximum absolute atomic E-state index is 3.87.